The predicted octanol–water partition coefficient (Wildman–Crippen LogP) is 3.58. The maximum Gasteiger partial charge on any atom is 0.338 e. The van der Waals surface area contributed by atoms with Crippen LogP contribution in [-0.2, 0) is 9.53 Å². The van der Waals surface area contributed by atoms with Crippen molar-refractivity contribution < 1.29 is 9.53 Å². The highest BCUT2D eigenvalue weighted by atomic mass is 32.2. The molecule has 0 spiro atoms. The molecule has 4 rings (SSSR count). The summed E-state index contributed by atoms with van der Waals surface area (Å²) in [5.41, 5.74) is 2.66. The smallest absolute Gasteiger partial charge is 0.338 e. The highest BCUT2D eigenvalue weighted by molar-refractivity contribution is 7.98. The molecule has 1 aromatic carbocycles. The normalized spacial score (nSPS) is 16.4. The number of nitrogens with zero attached hydrogens (tertiary/aromatic N) is 2. The van der Waals surface area contributed by atoms with E-state index < -0.39 is 12.0 Å². The SMILES string of the molecule is CCOC(=O)C1=C(C)N=c2s/c(=C/c3ccsc3)c(=O)n2C1c1ccc(SC)cc1. The molecule has 0 aliphatic carbocycles. The molecule has 0 radical (unpaired) electrons. The summed E-state index contributed by atoms with van der Waals surface area (Å²) in [4.78, 5) is 32.5. The van der Waals surface area contributed by atoms with Gasteiger partial charge in [-0.2, -0.15) is 11.3 Å². The van der Waals surface area contributed by atoms with Crippen molar-refractivity contribution in [1.29, 1.82) is 0 Å². The number of thiophene rings is 1. The van der Waals surface area contributed by atoms with Gasteiger partial charge in [0.1, 0.15) is 0 Å². The van der Waals surface area contributed by atoms with E-state index in [2.05, 4.69) is 4.99 Å². The zero-order valence-electron chi connectivity index (χ0n) is 16.7. The molecule has 3 heterocycles. The number of carbonyl (C=O) groups is 1. The Hall–Kier alpha value is -2.42. The van der Waals surface area contributed by atoms with Crippen LogP contribution in [0.25, 0.3) is 6.08 Å². The van der Waals surface area contributed by atoms with E-state index in [1.54, 1.807) is 41.5 Å². The fourth-order valence-electron chi connectivity index (χ4n) is 3.40. The molecule has 3 aromatic rings. The van der Waals surface area contributed by atoms with E-state index in [1.807, 2.05) is 53.4 Å². The number of benzene rings is 1. The van der Waals surface area contributed by atoms with Crippen molar-refractivity contribution in [1.82, 2.24) is 4.57 Å². The van der Waals surface area contributed by atoms with Crippen molar-refractivity contribution in [3.8, 4) is 0 Å². The number of hydrogen-bond acceptors (Lipinski definition) is 7. The van der Waals surface area contributed by atoms with Crippen LogP contribution in [0, 0.1) is 0 Å². The molecule has 154 valence electrons. The summed E-state index contributed by atoms with van der Waals surface area (Å²) in [5.74, 6) is -0.440. The topological polar surface area (TPSA) is 60.7 Å². The van der Waals surface area contributed by atoms with Gasteiger partial charge in [0.15, 0.2) is 4.80 Å². The van der Waals surface area contributed by atoms with Crippen LogP contribution in [0.3, 0.4) is 0 Å². The molecule has 5 nitrogen and oxygen atoms in total. The average Bonchev–Trinajstić information content (AvgIpc) is 3.36. The Balaban J connectivity index is 1.95. The van der Waals surface area contributed by atoms with Crippen molar-refractivity contribution in [2.45, 2.75) is 24.8 Å². The predicted molar refractivity (Wildman–Crippen MR) is 123 cm³/mol. The maximum absolute atomic E-state index is 13.4. The number of ether oxygens (including phenoxy) is 1. The Bertz CT molecular complexity index is 1280. The van der Waals surface area contributed by atoms with E-state index in [9.17, 15) is 9.59 Å². The number of thiazole rings is 1. The van der Waals surface area contributed by atoms with Crippen LogP contribution in [0.5, 0.6) is 0 Å². The largest absolute Gasteiger partial charge is 0.463 e. The Morgan fingerprint density at radius 2 is 2.07 bits per heavy atom. The van der Waals surface area contributed by atoms with E-state index in [-0.39, 0.29) is 12.2 Å². The third-order valence-corrected chi connectivity index (χ3v) is 7.22. The second kappa shape index (κ2) is 8.75. The third-order valence-electron chi connectivity index (χ3n) is 4.79. The Morgan fingerprint density at radius 3 is 2.70 bits per heavy atom. The Kier molecular flexibility index (Phi) is 6.08. The van der Waals surface area contributed by atoms with Gasteiger partial charge in [-0.1, -0.05) is 23.5 Å². The second-order valence-electron chi connectivity index (χ2n) is 6.63. The van der Waals surface area contributed by atoms with Crippen molar-refractivity contribution in [2.24, 2.45) is 4.99 Å². The van der Waals surface area contributed by atoms with Crippen LogP contribution < -0.4 is 14.9 Å². The number of aromatic nitrogens is 1. The van der Waals surface area contributed by atoms with Gasteiger partial charge in [0.2, 0.25) is 0 Å². The first kappa shape index (κ1) is 20.8. The minimum absolute atomic E-state index is 0.154. The maximum atomic E-state index is 13.4. The third kappa shape index (κ3) is 3.82. The first-order chi connectivity index (χ1) is 14.5. The van der Waals surface area contributed by atoms with E-state index in [1.165, 1.54) is 11.3 Å². The fourth-order valence-corrected chi connectivity index (χ4v) is 5.47. The van der Waals surface area contributed by atoms with Gasteiger partial charge in [-0.05, 0) is 66.3 Å². The molecule has 0 saturated heterocycles. The molecule has 0 saturated carbocycles. The zero-order valence-corrected chi connectivity index (χ0v) is 19.2. The molecular weight excluding hydrogens is 436 g/mol. The van der Waals surface area contributed by atoms with Crippen LogP contribution >= 0.6 is 34.4 Å². The van der Waals surface area contributed by atoms with Crippen molar-refractivity contribution in [2.75, 3.05) is 12.9 Å². The monoisotopic (exact) mass is 456 g/mol. The van der Waals surface area contributed by atoms with Gasteiger partial charge in [-0.3, -0.25) is 9.36 Å². The summed E-state index contributed by atoms with van der Waals surface area (Å²) >= 11 is 4.56. The van der Waals surface area contributed by atoms with Crippen LogP contribution in [0.1, 0.15) is 31.0 Å². The van der Waals surface area contributed by atoms with Gasteiger partial charge in [-0.15, -0.1) is 11.8 Å². The molecular formula is C22H20N2O3S3. The minimum Gasteiger partial charge on any atom is -0.463 e. The molecule has 0 fully saturated rings. The molecule has 1 unspecified atom stereocenters. The fraction of sp³-hybridized carbons (Fsp3) is 0.227. The Labute approximate surface area is 186 Å². The standard InChI is InChI=1S/C22H20N2O3S3/c1-4-27-21(26)18-13(2)23-22-24(19(18)15-5-7-16(28-3)8-6-15)20(25)17(30-22)11-14-9-10-29-12-14/h5-12,19H,4H2,1-3H3/b17-11+. The summed E-state index contributed by atoms with van der Waals surface area (Å²) in [6.07, 6.45) is 3.88. The van der Waals surface area contributed by atoms with Gasteiger partial charge in [0.05, 0.1) is 28.5 Å². The Morgan fingerprint density at radius 1 is 1.30 bits per heavy atom. The number of allylic oxidation sites excluding steroid dienone is 1. The first-order valence-corrected chi connectivity index (χ1v) is 12.4. The van der Waals surface area contributed by atoms with Gasteiger partial charge in [0.25, 0.3) is 5.56 Å². The van der Waals surface area contributed by atoms with Crippen LogP contribution in [0.2, 0.25) is 0 Å². The van der Waals surface area contributed by atoms with E-state index in [4.69, 9.17) is 4.74 Å². The summed E-state index contributed by atoms with van der Waals surface area (Å²) < 4.78 is 7.53. The number of esters is 1. The summed E-state index contributed by atoms with van der Waals surface area (Å²) in [5, 5.41) is 3.97. The van der Waals surface area contributed by atoms with Crippen LogP contribution in [-0.4, -0.2) is 23.4 Å². The van der Waals surface area contributed by atoms with E-state index in [0.29, 0.717) is 20.6 Å². The lowest BCUT2D eigenvalue weighted by atomic mass is 9.96. The summed E-state index contributed by atoms with van der Waals surface area (Å²) in [6.45, 7) is 3.83. The second-order valence-corrected chi connectivity index (χ2v) is 9.30. The van der Waals surface area contributed by atoms with Gasteiger partial charge in [0, 0.05) is 4.90 Å². The molecule has 1 aliphatic heterocycles. The lowest BCUT2D eigenvalue weighted by Crippen LogP contribution is -2.39. The van der Waals surface area contributed by atoms with Crippen molar-refractivity contribution in [3.05, 3.63) is 83.2 Å². The van der Waals surface area contributed by atoms with Crippen LogP contribution in [0.4, 0.5) is 0 Å². The number of thioether (sulfide) groups is 1. The number of rotatable bonds is 5. The number of fused-ring (bicyclic) bond motifs is 1. The quantitative estimate of drug-likeness (QED) is 0.435. The highest BCUT2D eigenvalue weighted by Gasteiger charge is 2.33. The summed E-state index contributed by atoms with van der Waals surface area (Å²) in [6, 6.07) is 9.32. The molecule has 1 aliphatic rings. The van der Waals surface area contributed by atoms with Gasteiger partial charge in [-0.25, -0.2) is 9.79 Å². The molecule has 0 N–H and O–H groups in total. The van der Waals surface area contributed by atoms with Crippen molar-refractivity contribution in [3.63, 3.8) is 0 Å². The molecule has 0 bridgehead atoms. The molecule has 30 heavy (non-hydrogen) atoms. The van der Waals surface area contributed by atoms with Crippen molar-refractivity contribution >= 4 is 46.5 Å². The van der Waals surface area contributed by atoms with Gasteiger partial charge >= 0.3 is 5.97 Å². The molecule has 1 atom stereocenters. The molecule has 0 amide bonds. The van der Waals surface area contributed by atoms with E-state index >= 15 is 0 Å². The average molecular weight is 457 g/mol. The van der Waals surface area contributed by atoms with Crippen LogP contribution in [0.15, 0.2) is 67.0 Å². The zero-order chi connectivity index (χ0) is 21.3. The highest BCUT2D eigenvalue weighted by Crippen LogP contribution is 2.31. The minimum atomic E-state index is -0.569. The first-order valence-electron chi connectivity index (χ1n) is 9.39. The number of hydrogen-bond donors (Lipinski definition) is 0. The summed E-state index contributed by atoms with van der Waals surface area (Å²) in [7, 11) is 0. The molecule has 2 aromatic heterocycles. The lowest BCUT2D eigenvalue weighted by Gasteiger charge is -2.24. The lowest BCUT2D eigenvalue weighted by molar-refractivity contribution is -0.139. The van der Waals surface area contributed by atoms with Gasteiger partial charge < -0.3 is 4.74 Å². The number of carbonyl (C=O) groups excluding carboxylic acids is 1. The van der Waals surface area contributed by atoms with E-state index in [0.717, 1.165) is 16.0 Å². The molecule has 8 heteroatoms.